The normalized spacial score (nSPS) is 20.7. The summed E-state index contributed by atoms with van der Waals surface area (Å²) in [7, 11) is 1.32. The minimum atomic E-state index is -0.646. The van der Waals surface area contributed by atoms with Crippen molar-refractivity contribution in [2.75, 3.05) is 32.6 Å². The lowest BCUT2D eigenvalue weighted by atomic mass is 10.2. The van der Waals surface area contributed by atoms with Gasteiger partial charge < -0.3 is 14.4 Å². The van der Waals surface area contributed by atoms with Crippen LogP contribution in [0.25, 0.3) is 0 Å². The van der Waals surface area contributed by atoms with Gasteiger partial charge in [0, 0.05) is 11.3 Å². The summed E-state index contributed by atoms with van der Waals surface area (Å²) in [4.78, 5) is 25.0. The molecule has 5 nitrogen and oxygen atoms in total. The lowest BCUT2D eigenvalue weighted by Crippen LogP contribution is -2.49. The monoisotopic (exact) mass is 275 g/mol. The molecule has 18 heavy (non-hydrogen) atoms. The van der Waals surface area contributed by atoms with Crippen molar-refractivity contribution in [3.8, 4) is 0 Å². The molecule has 1 rings (SSSR count). The number of hydrogen-bond donors (Lipinski definition) is 0. The van der Waals surface area contributed by atoms with E-state index < -0.39 is 12.1 Å². The van der Waals surface area contributed by atoms with Crippen LogP contribution < -0.4 is 0 Å². The lowest BCUT2D eigenvalue weighted by molar-refractivity contribution is -0.161. The smallest absolute Gasteiger partial charge is 0.336 e. The molecule has 0 saturated carbocycles. The molecule has 1 saturated heterocycles. The summed E-state index contributed by atoms with van der Waals surface area (Å²) in [5, 5.41) is 0. The van der Waals surface area contributed by atoms with E-state index >= 15 is 0 Å². The van der Waals surface area contributed by atoms with Crippen molar-refractivity contribution < 1.29 is 19.1 Å². The molecule has 0 aromatic carbocycles. The van der Waals surface area contributed by atoms with Crippen molar-refractivity contribution >= 4 is 23.6 Å². The Bertz CT molecular complexity index is 314. The molecule has 1 unspecified atom stereocenters. The summed E-state index contributed by atoms with van der Waals surface area (Å²) in [6.07, 6.45) is -0.646. The quantitative estimate of drug-likeness (QED) is 0.717. The number of nitrogens with zero attached hydrogens (tertiary/aromatic N) is 1. The highest BCUT2D eigenvalue weighted by atomic mass is 32.2. The molecule has 1 aliphatic heterocycles. The fraction of sp³-hybridized carbons (Fsp3) is 0.833. The van der Waals surface area contributed by atoms with Gasteiger partial charge in [-0.05, 0) is 0 Å². The minimum absolute atomic E-state index is 0.0483. The molecule has 0 aromatic rings. The molecule has 0 bridgehead atoms. The third kappa shape index (κ3) is 4.86. The molecule has 1 amide bonds. The van der Waals surface area contributed by atoms with Crippen molar-refractivity contribution in [2.45, 2.75) is 31.6 Å². The van der Waals surface area contributed by atoms with Gasteiger partial charge in [0.05, 0.1) is 26.0 Å². The van der Waals surface area contributed by atoms with Gasteiger partial charge in [0.15, 0.2) is 6.10 Å². The summed E-state index contributed by atoms with van der Waals surface area (Å²) in [5.41, 5.74) is 0. The van der Waals surface area contributed by atoms with Crippen molar-refractivity contribution in [1.29, 1.82) is 0 Å². The van der Waals surface area contributed by atoms with Crippen LogP contribution in [0.3, 0.4) is 0 Å². The van der Waals surface area contributed by atoms with Gasteiger partial charge in [-0.1, -0.05) is 20.8 Å². The first-order valence-corrected chi connectivity index (χ1v) is 6.93. The number of esters is 1. The zero-order chi connectivity index (χ0) is 13.8. The van der Waals surface area contributed by atoms with E-state index in [-0.39, 0.29) is 17.2 Å². The van der Waals surface area contributed by atoms with Crippen LogP contribution in [0, 0.1) is 0 Å². The van der Waals surface area contributed by atoms with E-state index in [4.69, 9.17) is 4.74 Å². The number of ether oxygens (including phenoxy) is 2. The van der Waals surface area contributed by atoms with Crippen LogP contribution in [-0.2, 0) is 19.1 Å². The van der Waals surface area contributed by atoms with E-state index in [0.717, 1.165) is 0 Å². The lowest BCUT2D eigenvalue weighted by Gasteiger charge is -2.32. The van der Waals surface area contributed by atoms with Crippen LogP contribution in [-0.4, -0.2) is 60.2 Å². The average Bonchev–Trinajstić information content (AvgIpc) is 2.34. The summed E-state index contributed by atoms with van der Waals surface area (Å²) in [6.45, 7) is 7.42. The van der Waals surface area contributed by atoms with Crippen molar-refractivity contribution in [3.63, 3.8) is 0 Å². The maximum Gasteiger partial charge on any atom is 0.336 e. The van der Waals surface area contributed by atoms with Gasteiger partial charge in [-0.15, -0.1) is 11.8 Å². The van der Waals surface area contributed by atoms with E-state index in [1.165, 1.54) is 7.11 Å². The topological polar surface area (TPSA) is 55.8 Å². The molecule has 6 heteroatoms. The number of thioether (sulfide) groups is 1. The Hall–Kier alpha value is -0.750. The SMILES string of the molecule is COC(=O)C1CN(C(=O)CSC(C)(C)C)CCO1. The molecule has 0 aromatic heterocycles. The maximum absolute atomic E-state index is 12.0. The third-order valence-corrected chi connectivity index (χ3v) is 3.77. The van der Waals surface area contributed by atoms with Gasteiger partial charge in [0.25, 0.3) is 0 Å². The molecular formula is C12H21NO4S. The van der Waals surface area contributed by atoms with E-state index in [2.05, 4.69) is 25.5 Å². The van der Waals surface area contributed by atoms with Crippen LogP contribution in [0.15, 0.2) is 0 Å². The van der Waals surface area contributed by atoms with Crippen LogP contribution in [0.2, 0.25) is 0 Å². The Morgan fingerprint density at radius 3 is 2.67 bits per heavy atom. The van der Waals surface area contributed by atoms with Crippen molar-refractivity contribution in [2.24, 2.45) is 0 Å². The highest BCUT2D eigenvalue weighted by molar-refractivity contribution is 8.01. The van der Waals surface area contributed by atoms with Crippen LogP contribution in [0.4, 0.5) is 0 Å². The zero-order valence-electron chi connectivity index (χ0n) is 11.4. The Labute approximate surface area is 112 Å². The van der Waals surface area contributed by atoms with Crippen LogP contribution in [0.1, 0.15) is 20.8 Å². The van der Waals surface area contributed by atoms with Gasteiger partial charge in [0.1, 0.15) is 0 Å². The number of carbonyl (C=O) groups excluding carboxylic acids is 2. The Balaban J connectivity index is 2.46. The van der Waals surface area contributed by atoms with Gasteiger partial charge in [-0.3, -0.25) is 4.79 Å². The number of amides is 1. The first-order chi connectivity index (χ1) is 8.33. The molecule has 1 heterocycles. The molecule has 104 valence electrons. The van der Waals surface area contributed by atoms with E-state index in [1.54, 1.807) is 16.7 Å². The fourth-order valence-electron chi connectivity index (χ4n) is 1.52. The Morgan fingerprint density at radius 1 is 1.44 bits per heavy atom. The summed E-state index contributed by atoms with van der Waals surface area (Å²) >= 11 is 1.60. The molecule has 0 aliphatic carbocycles. The largest absolute Gasteiger partial charge is 0.467 e. The number of rotatable bonds is 3. The highest BCUT2D eigenvalue weighted by Gasteiger charge is 2.30. The van der Waals surface area contributed by atoms with Crippen LogP contribution >= 0.6 is 11.8 Å². The number of morpholine rings is 1. The molecular weight excluding hydrogens is 254 g/mol. The Kier molecular flexibility index (Phi) is 5.47. The van der Waals surface area contributed by atoms with Gasteiger partial charge >= 0.3 is 5.97 Å². The molecule has 1 atom stereocenters. The fourth-order valence-corrected chi connectivity index (χ4v) is 2.26. The second kappa shape index (κ2) is 6.43. The standard InChI is InChI=1S/C12H21NO4S/c1-12(2,3)18-8-10(14)13-5-6-17-9(7-13)11(15)16-4/h9H,5-8H2,1-4H3. The van der Waals surface area contributed by atoms with Crippen molar-refractivity contribution in [3.05, 3.63) is 0 Å². The van der Waals surface area contributed by atoms with Gasteiger partial charge in [-0.25, -0.2) is 4.79 Å². The maximum atomic E-state index is 12.0. The molecule has 0 spiro atoms. The van der Waals surface area contributed by atoms with E-state index in [1.807, 2.05) is 0 Å². The number of hydrogen-bond acceptors (Lipinski definition) is 5. The first kappa shape index (κ1) is 15.3. The summed E-state index contributed by atoms with van der Waals surface area (Å²) in [5.74, 6) is 0.0558. The second-order valence-electron chi connectivity index (χ2n) is 5.12. The summed E-state index contributed by atoms with van der Waals surface area (Å²) < 4.78 is 9.97. The molecule has 1 aliphatic rings. The van der Waals surface area contributed by atoms with Crippen molar-refractivity contribution in [1.82, 2.24) is 4.90 Å². The molecule has 1 fully saturated rings. The van der Waals surface area contributed by atoms with E-state index in [9.17, 15) is 9.59 Å². The first-order valence-electron chi connectivity index (χ1n) is 5.94. The molecule has 0 radical (unpaired) electrons. The number of methoxy groups -OCH3 is 1. The number of carbonyl (C=O) groups is 2. The second-order valence-corrected chi connectivity index (χ2v) is 6.93. The Morgan fingerprint density at radius 2 is 2.11 bits per heavy atom. The van der Waals surface area contributed by atoms with Gasteiger partial charge in [-0.2, -0.15) is 0 Å². The average molecular weight is 275 g/mol. The predicted molar refractivity (Wildman–Crippen MR) is 70.5 cm³/mol. The van der Waals surface area contributed by atoms with E-state index in [0.29, 0.717) is 18.9 Å². The summed E-state index contributed by atoms with van der Waals surface area (Å²) in [6, 6.07) is 0. The highest BCUT2D eigenvalue weighted by Crippen LogP contribution is 2.23. The van der Waals surface area contributed by atoms with Gasteiger partial charge in [0.2, 0.25) is 5.91 Å². The zero-order valence-corrected chi connectivity index (χ0v) is 12.2. The molecule has 0 N–H and O–H groups in total. The minimum Gasteiger partial charge on any atom is -0.467 e. The third-order valence-electron chi connectivity index (χ3n) is 2.51. The predicted octanol–water partition coefficient (Wildman–Crippen LogP) is 0.918. The van der Waals surface area contributed by atoms with Crippen LogP contribution in [0.5, 0.6) is 0 Å².